The van der Waals surface area contributed by atoms with Gasteiger partial charge in [0.1, 0.15) is 11.9 Å². The van der Waals surface area contributed by atoms with Gasteiger partial charge in [-0.1, -0.05) is 0 Å². The molecule has 4 nitrogen and oxygen atoms in total. The summed E-state index contributed by atoms with van der Waals surface area (Å²) in [6, 6.07) is 1.70. The number of carbonyl (C=O) groups is 1. The third-order valence-corrected chi connectivity index (χ3v) is 2.20. The predicted molar refractivity (Wildman–Crippen MR) is 46.5 cm³/mol. The van der Waals surface area contributed by atoms with Crippen LogP contribution >= 0.6 is 0 Å². The van der Waals surface area contributed by atoms with Gasteiger partial charge in [0.05, 0.1) is 0 Å². The fourth-order valence-electron chi connectivity index (χ4n) is 1.51. The van der Waals surface area contributed by atoms with E-state index in [1.165, 1.54) is 6.42 Å². The summed E-state index contributed by atoms with van der Waals surface area (Å²) in [7, 11) is 0. The standard InChI is InChI=1S/C9H12N2O2/c12-7-8-4-5-11(10-8)9-3-1-2-6-13-9/h4-5,7,9H,1-3,6H2. The molecule has 0 N–H and O–H groups in total. The van der Waals surface area contributed by atoms with Crippen molar-refractivity contribution in [2.45, 2.75) is 25.5 Å². The van der Waals surface area contributed by atoms with Crippen molar-refractivity contribution >= 4 is 6.29 Å². The lowest BCUT2D eigenvalue weighted by Crippen LogP contribution is -2.18. The monoisotopic (exact) mass is 180 g/mol. The maximum atomic E-state index is 10.4. The Kier molecular flexibility index (Phi) is 2.40. The molecule has 4 heteroatoms. The summed E-state index contributed by atoms with van der Waals surface area (Å²) in [4.78, 5) is 10.4. The average molecular weight is 180 g/mol. The molecule has 0 aromatic carbocycles. The van der Waals surface area contributed by atoms with E-state index < -0.39 is 0 Å². The van der Waals surface area contributed by atoms with Crippen molar-refractivity contribution in [3.63, 3.8) is 0 Å². The maximum absolute atomic E-state index is 10.4. The van der Waals surface area contributed by atoms with Crippen LogP contribution in [0.2, 0.25) is 0 Å². The summed E-state index contributed by atoms with van der Waals surface area (Å²) in [5.41, 5.74) is 0.467. The zero-order valence-electron chi connectivity index (χ0n) is 7.35. The van der Waals surface area contributed by atoms with Crippen LogP contribution in [-0.4, -0.2) is 22.7 Å². The zero-order valence-corrected chi connectivity index (χ0v) is 7.35. The Morgan fingerprint density at radius 3 is 3.15 bits per heavy atom. The molecular formula is C9H12N2O2. The molecule has 2 rings (SSSR count). The second-order valence-electron chi connectivity index (χ2n) is 3.16. The second kappa shape index (κ2) is 3.70. The van der Waals surface area contributed by atoms with Crippen LogP contribution in [0.15, 0.2) is 12.3 Å². The summed E-state index contributed by atoms with van der Waals surface area (Å²) in [6.45, 7) is 0.793. The van der Waals surface area contributed by atoms with Crippen LogP contribution in [0.1, 0.15) is 36.0 Å². The van der Waals surface area contributed by atoms with E-state index in [2.05, 4.69) is 5.10 Å². The molecule has 1 atom stereocenters. The smallest absolute Gasteiger partial charge is 0.170 e. The minimum atomic E-state index is 0.0300. The minimum absolute atomic E-state index is 0.0300. The largest absolute Gasteiger partial charge is 0.357 e. The first kappa shape index (κ1) is 8.44. The van der Waals surface area contributed by atoms with Gasteiger partial charge < -0.3 is 4.74 Å². The topological polar surface area (TPSA) is 44.1 Å². The van der Waals surface area contributed by atoms with Crippen LogP contribution in [-0.2, 0) is 4.74 Å². The second-order valence-corrected chi connectivity index (χ2v) is 3.16. The van der Waals surface area contributed by atoms with Crippen molar-refractivity contribution in [1.82, 2.24) is 9.78 Å². The number of hydrogen-bond acceptors (Lipinski definition) is 3. The summed E-state index contributed by atoms with van der Waals surface area (Å²) in [5, 5.41) is 4.08. The molecule has 1 aliphatic rings. The van der Waals surface area contributed by atoms with E-state index in [0.29, 0.717) is 5.69 Å². The normalized spacial score (nSPS) is 22.9. The first-order chi connectivity index (χ1) is 6.40. The molecule has 1 aromatic rings. The molecule has 13 heavy (non-hydrogen) atoms. The predicted octanol–water partition coefficient (Wildman–Crippen LogP) is 1.39. The highest BCUT2D eigenvalue weighted by Gasteiger charge is 2.15. The molecule has 1 unspecified atom stereocenters. The third-order valence-electron chi connectivity index (χ3n) is 2.20. The van der Waals surface area contributed by atoms with Crippen LogP contribution in [0.3, 0.4) is 0 Å². The Bertz CT molecular complexity index is 290. The third kappa shape index (κ3) is 1.78. The summed E-state index contributed by atoms with van der Waals surface area (Å²) < 4.78 is 7.23. The minimum Gasteiger partial charge on any atom is -0.357 e. The molecular weight excluding hydrogens is 168 g/mol. The fourth-order valence-corrected chi connectivity index (χ4v) is 1.51. The van der Waals surface area contributed by atoms with E-state index in [1.807, 2.05) is 0 Å². The van der Waals surface area contributed by atoms with Gasteiger partial charge in [0.2, 0.25) is 0 Å². The maximum Gasteiger partial charge on any atom is 0.170 e. The average Bonchev–Trinajstić information content (AvgIpc) is 2.67. The van der Waals surface area contributed by atoms with Crippen LogP contribution in [0.4, 0.5) is 0 Å². The Labute approximate surface area is 76.5 Å². The number of ether oxygens (including phenoxy) is 1. The molecule has 0 radical (unpaired) electrons. The number of aromatic nitrogens is 2. The van der Waals surface area contributed by atoms with Crippen molar-refractivity contribution in [2.75, 3.05) is 6.61 Å². The van der Waals surface area contributed by atoms with Crippen LogP contribution in [0.5, 0.6) is 0 Å². The SMILES string of the molecule is O=Cc1ccn(C2CCCCO2)n1. The molecule has 1 fully saturated rings. The molecule has 0 amide bonds. The van der Waals surface area contributed by atoms with Gasteiger partial charge in [0.25, 0.3) is 0 Å². The first-order valence-corrected chi connectivity index (χ1v) is 4.52. The number of aldehydes is 1. The van der Waals surface area contributed by atoms with E-state index in [1.54, 1.807) is 16.9 Å². The lowest BCUT2D eigenvalue weighted by Gasteiger charge is -2.22. The molecule has 0 saturated carbocycles. The van der Waals surface area contributed by atoms with Crippen LogP contribution < -0.4 is 0 Å². The summed E-state index contributed by atoms with van der Waals surface area (Å²) >= 11 is 0. The fraction of sp³-hybridized carbons (Fsp3) is 0.556. The first-order valence-electron chi connectivity index (χ1n) is 4.52. The number of hydrogen-bond donors (Lipinski definition) is 0. The van der Waals surface area contributed by atoms with Crippen molar-refractivity contribution in [3.05, 3.63) is 18.0 Å². The summed E-state index contributed by atoms with van der Waals surface area (Å²) in [5.74, 6) is 0. The van der Waals surface area contributed by atoms with Gasteiger partial charge in [0.15, 0.2) is 6.29 Å². The zero-order chi connectivity index (χ0) is 9.10. The molecule has 0 aliphatic carbocycles. The van der Waals surface area contributed by atoms with Gasteiger partial charge in [-0.2, -0.15) is 5.10 Å². The van der Waals surface area contributed by atoms with Gasteiger partial charge in [0, 0.05) is 12.8 Å². The molecule has 1 saturated heterocycles. The Balaban J connectivity index is 2.09. The molecule has 0 bridgehead atoms. The molecule has 0 spiro atoms. The van der Waals surface area contributed by atoms with Crippen molar-refractivity contribution in [2.24, 2.45) is 0 Å². The highest BCUT2D eigenvalue weighted by atomic mass is 16.5. The number of nitrogens with zero attached hydrogens (tertiary/aromatic N) is 2. The van der Waals surface area contributed by atoms with Crippen molar-refractivity contribution in [3.8, 4) is 0 Å². The van der Waals surface area contributed by atoms with Crippen molar-refractivity contribution in [1.29, 1.82) is 0 Å². The van der Waals surface area contributed by atoms with Crippen molar-refractivity contribution < 1.29 is 9.53 Å². The van der Waals surface area contributed by atoms with E-state index >= 15 is 0 Å². The van der Waals surface area contributed by atoms with E-state index in [0.717, 1.165) is 25.7 Å². The Morgan fingerprint density at radius 2 is 2.54 bits per heavy atom. The van der Waals surface area contributed by atoms with E-state index in [-0.39, 0.29) is 6.23 Å². The van der Waals surface area contributed by atoms with Gasteiger partial charge in [-0.15, -0.1) is 0 Å². The highest BCUT2D eigenvalue weighted by Crippen LogP contribution is 2.21. The molecule has 1 aromatic heterocycles. The van der Waals surface area contributed by atoms with Crippen LogP contribution in [0.25, 0.3) is 0 Å². The van der Waals surface area contributed by atoms with Crippen LogP contribution in [0, 0.1) is 0 Å². The summed E-state index contributed by atoms with van der Waals surface area (Å²) in [6.07, 6.45) is 5.85. The molecule has 70 valence electrons. The lowest BCUT2D eigenvalue weighted by atomic mass is 10.2. The molecule has 1 aliphatic heterocycles. The van der Waals surface area contributed by atoms with E-state index in [9.17, 15) is 4.79 Å². The van der Waals surface area contributed by atoms with Gasteiger partial charge >= 0.3 is 0 Å². The van der Waals surface area contributed by atoms with Gasteiger partial charge in [-0.05, 0) is 25.3 Å². The number of carbonyl (C=O) groups excluding carboxylic acids is 1. The Morgan fingerprint density at radius 1 is 1.62 bits per heavy atom. The van der Waals surface area contributed by atoms with Gasteiger partial charge in [-0.25, -0.2) is 4.68 Å². The van der Waals surface area contributed by atoms with Gasteiger partial charge in [-0.3, -0.25) is 4.79 Å². The lowest BCUT2D eigenvalue weighted by molar-refractivity contribution is -0.0395. The number of rotatable bonds is 2. The highest BCUT2D eigenvalue weighted by molar-refractivity contribution is 5.71. The Hall–Kier alpha value is -1.16. The van der Waals surface area contributed by atoms with E-state index in [4.69, 9.17) is 4.74 Å². The quantitative estimate of drug-likeness (QED) is 0.646. The molecule has 2 heterocycles.